The maximum absolute atomic E-state index is 12.2. The molecule has 0 atom stereocenters. The number of hydrogen-bond donors (Lipinski definition) is 1. The maximum atomic E-state index is 12.2. The van der Waals surface area contributed by atoms with Gasteiger partial charge in [0.15, 0.2) is 5.78 Å². The van der Waals surface area contributed by atoms with Crippen LogP contribution in [0.3, 0.4) is 0 Å². The zero-order valence-corrected chi connectivity index (χ0v) is 36.1. The van der Waals surface area contributed by atoms with Crippen LogP contribution in [0.25, 0.3) is 55.6 Å². The molecule has 0 aliphatic heterocycles. The summed E-state index contributed by atoms with van der Waals surface area (Å²) in [7, 11) is 0. The molecular formula is C49H55IrN2O3-. The van der Waals surface area contributed by atoms with Crippen LogP contribution in [0.1, 0.15) is 97.8 Å². The monoisotopic (exact) mass is 912 g/mol. The number of aromatic nitrogens is 2. The Hall–Kier alpha value is -4.38. The van der Waals surface area contributed by atoms with Gasteiger partial charge in [0.2, 0.25) is 0 Å². The van der Waals surface area contributed by atoms with Crippen molar-refractivity contribution in [2.75, 3.05) is 0 Å². The standard InChI is InChI=1S/C34H27N2O.C15H28O2.Ir/c1-21(2)16-22-12-14-28-25(17-22)13-15-29-32-34(37-33(28)29)31(35-20-36-32)26-18-24-10-6-7-11-27(24)30(19-26)23-8-4-3-5-9-23;1-7-14(5,8-2)12(16)11-13(17)15(6,9-3)10-4;/h3-12,14,17,19-21H,13,15-16H2,1-2H3;11,16H,7-10H2,1-6H3;/q-1;;/b;12-11-;. The van der Waals surface area contributed by atoms with Crippen LogP contribution in [0.5, 0.6) is 0 Å². The van der Waals surface area contributed by atoms with E-state index in [0.29, 0.717) is 5.92 Å². The molecule has 2 heterocycles. The van der Waals surface area contributed by atoms with E-state index in [0.717, 1.165) is 84.0 Å². The molecule has 6 heteroatoms. The SMILES string of the molecule is CC(C)Cc1ccc2c(c1)CCc1c-2oc2c(-c3[c-]c4ccccc4c(-c4ccccc4)c3)ncnc12.CCC(C)(CC)C(=O)/C=C(\O)C(C)(CC)CC.[Ir]. The van der Waals surface area contributed by atoms with Crippen molar-refractivity contribution in [1.29, 1.82) is 0 Å². The van der Waals surface area contributed by atoms with E-state index >= 15 is 0 Å². The molecule has 1 radical (unpaired) electrons. The molecule has 1 aliphatic rings. The normalized spacial score (nSPS) is 12.9. The fourth-order valence-corrected chi connectivity index (χ4v) is 7.43. The largest absolute Gasteiger partial charge is 0.512 e. The van der Waals surface area contributed by atoms with Gasteiger partial charge in [0.25, 0.3) is 0 Å². The van der Waals surface area contributed by atoms with E-state index in [1.807, 2.05) is 47.6 Å². The molecule has 2 aromatic heterocycles. The molecule has 0 unspecified atom stereocenters. The Balaban J connectivity index is 0.000000276. The van der Waals surface area contributed by atoms with Crippen molar-refractivity contribution in [1.82, 2.24) is 9.97 Å². The van der Waals surface area contributed by atoms with Crippen molar-refractivity contribution in [2.24, 2.45) is 16.7 Å². The molecule has 7 rings (SSSR count). The summed E-state index contributed by atoms with van der Waals surface area (Å²) < 4.78 is 6.64. The topological polar surface area (TPSA) is 76.2 Å². The number of nitrogens with zero attached hydrogens (tertiary/aromatic N) is 2. The molecule has 0 amide bonds. The first-order valence-electron chi connectivity index (χ1n) is 19.8. The summed E-state index contributed by atoms with van der Waals surface area (Å²) in [6.45, 7) is 16.6. The predicted octanol–water partition coefficient (Wildman–Crippen LogP) is 13.1. The third-order valence-corrected chi connectivity index (χ3v) is 12.0. The van der Waals surface area contributed by atoms with Crippen LogP contribution in [-0.2, 0) is 44.2 Å². The molecule has 0 fully saturated rings. The third-order valence-electron chi connectivity index (χ3n) is 12.0. The number of hydrogen-bond acceptors (Lipinski definition) is 5. The zero-order chi connectivity index (χ0) is 38.6. The molecule has 289 valence electrons. The maximum Gasteiger partial charge on any atom is 0.164 e. The molecule has 0 spiro atoms. The van der Waals surface area contributed by atoms with Crippen LogP contribution >= 0.6 is 0 Å². The molecule has 5 nitrogen and oxygen atoms in total. The summed E-state index contributed by atoms with van der Waals surface area (Å²) in [6, 6.07) is 31.6. The second kappa shape index (κ2) is 17.6. The van der Waals surface area contributed by atoms with Crippen molar-refractivity contribution < 1.29 is 34.4 Å². The number of aliphatic hydroxyl groups is 1. The minimum absolute atomic E-state index is 0. The van der Waals surface area contributed by atoms with Gasteiger partial charge in [-0.3, -0.25) is 9.78 Å². The summed E-state index contributed by atoms with van der Waals surface area (Å²) in [4.78, 5) is 21.6. The summed E-state index contributed by atoms with van der Waals surface area (Å²) in [5.74, 6) is 1.87. The second-order valence-corrected chi connectivity index (χ2v) is 15.8. The molecule has 6 aromatic rings. The minimum atomic E-state index is -0.337. The average molecular weight is 912 g/mol. The number of aryl methyl sites for hydroxylation is 2. The van der Waals surface area contributed by atoms with Gasteiger partial charge < -0.3 is 9.52 Å². The number of fused-ring (bicyclic) bond motifs is 6. The van der Waals surface area contributed by atoms with E-state index in [1.165, 1.54) is 39.3 Å². The Labute approximate surface area is 341 Å². The zero-order valence-electron chi connectivity index (χ0n) is 33.7. The van der Waals surface area contributed by atoms with Gasteiger partial charge >= 0.3 is 0 Å². The van der Waals surface area contributed by atoms with E-state index in [4.69, 9.17) is 14.4 Å². The fourth-order valence-electron chi connectivity index (χ4n) is 7.43. The Morgan fingerprint density at radius 2 is 1.53 bits per heavy atom. The van der Waals surface area contributed by atoms with Crippen LogP contribution in [0.2, 0.25) is 0 Å². The quantitative estimate of drug-likeness (QED) is 0.0796. The van der Waals surface area contributed by atoms with Gasteiger partial charge in [0, 0.05) is 48.1 Å². The number of furan rings is 1. The van der Waals surface area contributed by atoms with Crippen molar-refractivity contribution in [3.05, 3.63) is 120 Å². The average Bonchev–Trinajstić information content (AvgIpc) is 3.59. The van der Waals surface area contributed by atoms with Crippen LogP contribution in [0.15, 0.2) is 101 Å². The molecule has 1 N–H and O–H groups in total. The van der Waals surface area contributed by atoms with E-state index in [9.17, 15) is 9.90 Å². The summed E-state index contributed by atoms with van der Waals surface area (Å²) in [5, 5.41) is 12.4. The molecule has 55 heavy (non-hydrogen) atoms. The molecule has 0 saturated carbocycles. The number of carbonyl (C=O) groups is 1. The van der Waals surface area contributed by atoms with Gasteiger partial charge in [-0.15, -0.1) is 23.6 Å². The number of carbonyl (C=O) groups excluding carboxylic acids is 1. The Morgan fingerprint density at radius 3 is 2.20 bits per heavy atom. The molecule has 1 aliphatic carbocycles. The fraction of sp³-hybridized carbons (Fsp3) is 0.367. The van der Waals surface area contributed by atoms with E-state index in [1.54, 1.807) is 6.33 Å². The van der Waals surface area contributed by atoms with Crippen molar-refractivity contribution in [3.8, 4) is 33.7 Å². The Bertz CT molecular complexity index is 2290. The molecule has 0 bridgehead atoms. The van der Waals surface area contributed by atoms with Crippen molar-refractivity contribution >= 4 is 27.7 Å². The van der Waals surface area contributed by atoms with Gasteiger partial charge in [-0.2, -0.15) is 0 Å². The number of aliphatic hydroxyl groups excluding tert-OH is 1. The first-order chi connectivity index (χ1) is 25.9. The third kappa shape index (κ3) is 8.56. The van der Waals surface area contributed by atoms with Gasteiger partial charge in [0.05, 0.1) is 5.69 Å². The van der Waals surface area contributed by atoms with Gasteiger partial charge in [-0.25, -0.2) is 4.98 Å². The van der Waals surface area contributed by atoms with Gasteiger partial charge in [0.1, 0.15) is 28.9 Å². The molecular weight excluding hydrogens is 857 g/mol. The van der Waals surface area contributed by atoms with Crippen LogP contribution in [0.4, 0.5) is 0 Å². The molecule has 4 aromatic carbocycles. The van der Waals surface area contributed by atoms with Crippen molar-refractivity contribution in [2.45, 2.75) is 100 Å². The predicted molar refractivity (Wildman–Crippen MR) is 224 cm³/mol. The van der Waals surface area contributed by atoms with E-state index in [2.05, 4.69) is 92.7 Å². The summed E-state index contributed by atoms with van der Waals surface area (Å²) in [6.07, 6.45) is 9.44. The Morgan fingerprint density at radius 1 is 0.855 bits per heavy atom. The van der Waals surface area contributed by atoms with Crippen LogP contribution < -0.4 is 0 Å². The van der Waals surface area contributed by atoms with Gasteiger partial charge in [-0.05, 0) is 67.6 Å². The van der Waals surface area contributed by atoms with Crippen LogP contribution in [-0.4, -0.2) is 20.9 Å². The molecule has 0 saturated heterocycles. The van der Waals surface area contributed by atoms with Crippen molar-refractivity contribution in [3.63, 3.8) is 0 Å². The van der Waals surface area contributed by atoms with Gasteiger partial charge in [-0.1, -0.05) is 139 Å². The number of ketones is 1. The second-order valence-electron chi connectivity index (χ2n) is 15.8. The van der Waals surface area contributed by atoms with E-state index < -0.39 is 0 Å². The summed E-state index contributed by atoms with van der Waals surface area (Å²) in [5.41, 5.74) is 10.2. The Kier molecular flexibility index (Phi) is 13.4. The first kappa shape index (κ1) is 41.8. The van der Waals surface area contributed by atoms with Crippen LogP contribution in [0, 0.1) is 22.8 Å². The van der Waals surface area contributed by atoms with E-state index in [-0.39, 0.29) is 42.5 Å². The summed E-state index contributed by atoms with van der Waals surface area (Å²) >= 11 is 0. The minimum Gasteiger partial charge on any atom is -0.512 e. The number of benzene rings is 4. The first-order valence-corrected chi connectivity index (χ1v) is 19.8. The number of allylic oxidation sites excluding steroid dienone is 2. The number of rotatable bonds is 11. The smallest absolute Gasteiger partial charge is 0.164 e.